The molecule has 140 valence electrons. The number of pyridine rings is 1. The van der Waals surface area contributed by atoms with Crippen LogP contribution in [0, 0.1) is 5.82 Å². The van der Waals surface area contributed by atoms with Crippen LogP contribution in [-0.2, 0) is 17.8 Å². The summed E-state index contributed by atoms with van der Waals surface area (Å²) in [5.74, 6) is -0.122. The smallest absolute Gasteiger partial charge is 0.227 e. The molecule has 0 aliphatic carbocycles. The van der Waals surface area contributed by atoms with Crippen molar-refractivity contribution >= 4 is 16.9 Å². The number of benzene rings is 1. The maximum atomic E-state index is 13.3. The SMILES string of the molecule is NCCn1nc([C@@H]2CCN(C(=O)Cc3cccc(F)c3)C2)c2cccnc21. The van der Waals surface area contributed by atoms with Gasteiger partial charge in [0.05, 0.1) is 18.7 Å². The standard InChI is InChI=1S/C20H22FN5O/c21-16-4-1-3-14(11-16)12-18(27)25-9-6-15(13-25)19-17-5-2-8-23-20(17)26(24-19)10-7-22/h1-5,8,11,15H,6-7,9-10,12-13,22H2/t15-/m1/s1. The van der Waals surface area contributed by atoms with Crippen LogP contribution in [0.15, 0.2) is 42.6 Å². The van der Waals surface area contributed by atoms with Crippen LogP contribution in [0.3, 0.4) is 0 Å². The van der Waals surface area contributed by atoms with E-state index in [1.807, 2.05) is 21.7 Å². The van der Waals surface area contributed by atoms with Crippen molar-refractivity contribution in [1.82, 2.24) is 19.7 Å². The molecule has 1 atom stereocenters. The van der Waals surface area contributed by atoms with Gasteiger partial charge in [0.25, 0.3) is 0 Å². The minimum atomic E-state index is -0.316. The van der Waals surface area contributed by atoms with Crippen LogP contribution in [0.1, 0.15) is 23.6 Å². The molecule has 1 aromatic carbocycles. The number of nitrogens with two attached hydrogens (primary N) is 1. The van der Waals surface area contributed by atoms with Gasteiger partial charge in [-0.05, 0) is 36.2 Å². The highest BCUT2D eigenvalue weighted by Crippen LogP contribution is 2.31. The third-order valence-electron chi connectivity index (χ3n) is 5.05. The van der Waals surface area contributed by atoms with Crippen LogP contribution < -0.4 is 5.73 Å². The van der Waals surface area contributed by atoms with Crippen LogP contribution in [-0.4, -0.2) is 45.2 Å². The molecule has 1 amide bonds. The van der Waals surface area contributed by atoms with Gasteiger partial charge in [-0.15, -0.1) is 0 Å². The molecular weight excluding hydrogens is 345 g/mol. The molecular formula is C20H22FN5O. The Labute approximate surface area is 156 Å². The Bertz CT molecular complexity index is 970. The van der Waals surface area contributed by atoms with Gasteiger partial charge in [-0.1, -0.05) is 12.1 Å². The number of fused-ring (bicyclic) bond motifs is 1. The number of halogens is 1. The number of nitrogens with zero attached hydrogens (tertiary/aromatic N) is 4. The quantitative estimate of drug-likeness (QED) is 0.749. The second kappa shape index (κ2) is 7.44. The summed E-state index contributed by atoms with van der Waals surface area (Å²) in [4.78, 5) is 18.9. The second-order valence-corrected chi connectivity index (χ2v) is 6.90. The number of likely N-dealkylation sites (tertiary alicyclic amines) is 1. The maximum absolute atomic E-state index is 13.3. The molecule has 3 aromatic rings. The lowest BCUT2D eigenvalue weighted by Gasteiger charge is -2.16. The monoisotopic (exact) mass is 367 g/mol. The summed E-state index contributed by atoms with van der Waals surface area (Å²) >= 11 is 0. The predicted octanol–water partition coefficient (Wildman–Crippen LogP) is 2.09. The van der Waals surface area contributed by atoms with E-state index in [0.717, 1.165) is 23.1 Å². The van der Waals surface area contributed by atoms with Gasteiger partial charge in [0.1, 0.15) is 5.82 Å². The molecule has 1 aliphatic heterocycles. The number of amides is 1. The lowest BCUT2D eigenvalue weighted by molar-refractivity contribution is -0.129. The van der Waals surface area contributed by atoms with Crippen LogP contribution >= 0.6 is 0 Å². The van der Waals surface area contributed by atoms with Crippen LogP contribution in [0.25, 0.3) is 11.0 Å². The van der Waals surface area contributed by atoms with Crippen molar-refractivity contribution in [1.29, 1.82) is 0 Å². The topological polar surface area (TPSA) is 77.0 Å². The van der Waals surface area contributed by atoms with Crippen LogP contribution in [0.5, 0.6) is 0 Å². The molecule has 0 bridgehead atoms. The average Bonchev–Trinajstić information content (AvgIpc) is 3.28. The van der Waals surface area contributed by atoms with Crippen molar-refractivity contribution in [3.05, 3.63) is 59.7 Å². The summed E-state index contributed by atoms with van der Waals surface area (Å²) in [6.07, 6.45) is 2.83. The molecule has 0 radical (unpaired) electrons. The highest BCUT2D eigenvalue weighted by Gasteiger charge is 2.30. The molecule has 0 spiro atoms. The Balaban J connectivity index is 1.51. The minimum absolute atomic E-state index is 0.0203. The predicted molar refractivity (Wildman–Crippen MR) is 101 cm³/mol. The van der Waals surface area contributed by atoms with E-state index in [4.69, 9.17) is 10.8 Å². The zero-order valence-electron chi connectivity index (χ0n) is 15.0. The lowest BCUT2D eigenvalue weighted by Crippen LogP contribution is -2.30. The molecule has 1 saturated heterocycles. The Morgan fingerprint density at radius 1 is 1.30 bits per heavy atom. The molecule has 2 aromatic heterocycles. The number of hydrogen-bond donors (Lipinski definition) is 1. The molecule has 1 aliphatic rings. The van der Waals surface area contributed by atoms with E-state index in [2.05, 4.69) is 4.98 Å². The van der Waals surface area contributed by atoms with Crippen LogP contribution in [0.2, 0.25) is 0 Å². The van der Waals surface area contributed by atoms with Gasteiger partial charge < -0.3 is 10.6 Å². The fourth-order valence-electron chi connectivity index (χ4n) is 3.76. The summed E-state index contributed by atoms with van der Waals surface area (Å²) in [7, 11) is 0. The Hall–Kier alpha value is -2.80. The van der Waals surface area contributed by atoms with Gasteiger partial charge in [-0.25, -0.2) is 14.1 Å². The molecule has 0 unspecified atom stereocenters. The molecule has 6 nitrogen and oxygen atoms in total. The fourth-order valence-corrected chi connectivity index (χ4v) is 3.76. The largest absolute Gasteiger partial charge is 0.342 e. The van der Waals surface area contributed by atoms with Gasteiger partial charge in [0.15, 0.2) is 5.65 Å². The van der Waals surface area contributed by atoms with Gasteiger partial charge in [0, 0.05) is 37.1 Å². The average molecular weight is 367 g/mol. The molecule has 27 heavy (non-hydrogen) atoms. The van der Waals surface area contributed by atoms with Crippen molar-refractivity contribution in [3.8, 4) is 0 Å². The van der Waals surface area contributed by atoms with Crippen molar-refractivity contribution in [2.45, 2.75) is 25.3 Å². The zero-order valence-corrected chi connectivity index (χ0v) is 15.0. The molecule has 0 saturated carbocycles. The number of rotatable bonds is 5. The van der Waals surface area contributed by atoms with E-state index >= 15 is 0 Å². The first-order chi connectivity index (χ1) is 13.2. The molecule has 4 rings (SSSR count). The Morgan fingerprint density at radius 2 is 2.19 bits per heavy atom. The van der Waals surface area contributed by atoms with E-state index in [1.54, 1.807) is 18.3 Å². The number of hydrogen-bond acceptors (Lipinski definition) is 4. The first-order valence-electron chi connectivity index (χ1n) is 9.19. The number of aromatic nitrogens is 3. The van der Waals surface area contributed by atoms with E-state index < -0.39 is 0 Å². The summed E-state index contributed by atoms with van der Waals surface area (Å²) in [6, 6.07) is 10.1. The first kappa shape index (κ1) is 17.6. The van der Waals surface area contributed by atoms with E-state index in [9.17, 15) is 9.18 Å². The van der Waals surface area contributed by atoms with Gasteiger partial charge in [-0.2, -0.15) is 5.10 Å². The normalized spacial score (nSPS) is 17.0. The van der Waals surface area contributed by atoms with E-state index in [-0.39, 0.29) is 24.1 Å². The van der Waals surface area contributed by atoms with Crippen molar-refractivity contribution < 1.29 is 9.18 Å². The van der Waals surface area contributed by atoms with Crippen LogP contribution in [0.4, 0.5) is 4.39 Å². The highest BCUT2D eigenvalue weighted by atomic mass is 19.1. The van der Waals surface area contributed by atoms with Gasteiger partial charge >= 0.3 is 0 Å². The Kier molecular flexibility index (Phi) is 4.85. The minimum Gasteiger partial charge on any atom is -0.342 e. The first-order valence-corrected chi connectivity index (χ1v) is 9.19. The fraction of sp³-hybridized carbons (Fsp3) is 0.350. The molecule has 3 heterocycles. The number of carbonyl (C=O) groups is 1. The van der Waals surface area contributed by atoms with E-state index in [1.165, 1.54) is 12.1 Å². The van der Waals surface area contributed by atoms with E-state index in [0.29, 0.717) is 31.7 Å². The van der Waals surface area contributed by atoms with Gasteiger partial charge in [0.2, 0.25) is 5.91 Å². The van der Waals surface area contributed by atoms with Crippen molar-refractivity contribution in [3.63, 3.8) is 0 Å². The number of carbonyl (C=O) groups excluding carboxylic acids is 1. The van der Waals surface area contributed by atoms with Gasteiger partial charge in [-0.3, -0.25) is 4.79 Å². The lowest BCUT2D eigenvalue weighted by atomic mass is 10.0. The summed E-state index contributed by atoms with van der Waals surface area (Å²) in [6.45, 7) is 2.42. The summed E-state index contributed by atoms with van der Waals surface area (Å²) in [5.41, 5.74) is 8.21. The Morgan fingerprint density at radius 3 is 3.00 bits per heavy atom. The highest BCUT2D eigenvalue weighted by molar-refractivity contribution is 5.81. The molecule has 2 N–H and O–H groups in total. The molecule has 7 heteroatoms. The van der Waals surface area contributed by atoms with Crippen molar-refractivity contribution in [2.24, 2.45) is 5.73 Å². The summed E-state index contributed by atoms with van der Waals surface area (Å²) in [5, 5.41) is 5.76. The second-order valence-electron chi connectivity index (χ2n) is 6.90. The molecule has 1 fully saturated rings. The summed E-state index contributed by atoms with van der Waals surface area (Å²) < 4.78 is 15.2. The third-order valence-corrected chi connectivity index (χ3v) is 5.05. The van der Waals surface area contributed by atoms with Crippen molar-refractivity contribution in [2.75, 3.05) is 19.6 Å². The maximum Gasteiger partial charge on any atom is 0.227 e. The third kappa shape index (κ3) is 3.55. The zero-order chi connectivity index (χ0) is 18.8.